The Kier molecular flexibility index (Phi) is 9.53. The molecule has 1 N–H and O–H groups in total. The number of non-ortho nitro benzene ring substituents is 1. The molecule has 0 unspecified atom stereocenters. The molecule has 7 rings (SSSR count). The number of aliphatic hydroxyl groups excluding tert-OH is 1. The number of benzene rings is 1. The molecule has 1 aliphatic heterocycles. The monoisotopic (exact) mass is 717 g/mol. The highest BCUT2D eigenvalue weighted by molar-refractivity contribution is 5.94. The second kappa shape index (κ2) is 13.2. The van der Waals surface area contributed by atoms with Gasteiger partial charge >= 0.3 is 5.97 Å². The molecule has 5 fully saturated rings. The van der Waals surface area contributed by atoms with Crippen LogP contribution in [0.2, 0.25) is 0 Å². The molecular formula is C43H63N3O6. The number of aliphatic hydroxyl groups is 1. The Balaban J connectivity index is 1.03. The third-order valence-corrected chi connectivity index (χ3v) is 17.0. The number of amides is 1. The maximum Gasteiger partial charge on any atom is 0.312 e. The van der Waals surface area contributed by atoms with Crippen molar-refractivity contribution in [3.05, 3.63) is 51.6 Å². The summed E-state index contributed by atoms with van der Waals surface area (Å²) in [5, 5.41) is 22.1. The van der Waals surface area contributed by atoms with E-state index in [2.05, 4.69) is 59.4 Å². The van der Waals surface area contributed by atoms with Crippen molar-refractivity contribution >= 4 is 17.6 Å². The number of carbonyl (C=O) groups is 2. The zero-order chi connectivity index (χ0) is 37.4. The van der Waals surface area contributed by atoms with Crippen LogP contribution < -0.4 is 0 Å². The van der Waals surface area contributed by atoms with E-state index < -0.39 is 10.3 Å². The zero-order valence-electron chi connectivity index (χ0n) is 32.8. The van der Waals surface area contributed by atoms with Gasteiger partial charge in [0.15, 0.2) is 0 Å². The number of ether oxygens (including phenoxy) is 1. The molecule has 1 heterocycles. The average Bonchev–Trinajstić information content (AvgIpc) is 3.12. The molecule has 5 aliphatic carbocycles. The highest BCUT2D eigenvalue weighted by atomic mass is 16.6. The summed E-state index contributed by atoms with van der Waals surface area (Å²) in [5.74, 6) is 2.13. The fourth-order valence-electron chi connectivity index (χ4n) is 13.3. The first-order chi connectivity index (χ1) is 24.5. The zero-order valence-corrected chi connectivity index (χ0v) is 32.8. The van der Waals surface area contributed by atoms with Crippen LogP contribution in [-0.4, -0.2) is 77.1 Å². The molecule has 1 aromatic carbocycles. The van der Waals surface area contributed by atoms with Crippen molar-refractivity contribution in [1.82, 2.24) is 9.80 Å². The molecule has 0 radical (unpaired) electrons. The van der Waals surface area contributed by atoms with Crippen LogP contribution in [0.25, 0.3) is 0 Å². The summed E-state index contributed by atoms with van der Waals surface area (Å²) in [6.45, 7) is 20.6. The summed E-state index contributed by atoms with van der Waals surface area (Å²) in [7, 11) is 0. The molecule has 52 heavy (non-hydrogen) atoms. The van der Waals surface area contributed by atoms with Gasteiger partial charge in [0.2, 0.25) is 0 Å². The summed E-state index contributed by atoms with van der Waals surface area (Å²) >= 11 is 0. The second-order valence-corrected chi connectivity index (χ2v) is 19.3. The molecule has 9 nitrogen and oxygen atoms in total. The third kappa shape index (κ3) is 5.60. The minimum Gasteiger partial charge on any atom is -0.464 e. The molecule has 0 aromatic heterocycles. The number of rotatable bonds is 6. The van der Waals surface area contributed by atoms with Gasteiger partial charge in [0.25, 0.3) is 11.6 Å². The van der Waals surface area contributed by atoms with E-state index in [9.17, 15) is 24.8 Å². The van der Waals surface area contributed by atoms with Gasteiger partial charge in [-0.1, -0.05) is 60.1 Å². The Bertz CT molecular complexity index is 1600. The van der Waals surface area contributed by atoms with Crippen LogP contribution in [0.1, 0.15) is 117 Å². The molecule has 1 amide bonds. The molecule has 0 bridgehead atoms. The molecular weight excluding hydrogens is 654 g/mol. The normalized spacial score (nSPS) is 41.4. The van der Waals surface area contributed by atoms with Gasteiger partial charge in [-0.15, -0.1) is 0 Å². The second-order valence-electron chi connectivity index (χ2n) is 19.3. The van der Waals surface area contributed by atoms with Gasteiger partial charge < -0.3 is 14.7 Å². The number of piperazine rings is 1. The number of hydrogen-bond donors (Lipinski definition) is 1. The van der Waals surface area contributed by atoms with Crippen molar-refractivity contribution in [3.8, 4) is 0 Å². The predicted octanol–water partition coefficient (Wildman–Crippen LogP) is 7.91. The summed E-state index contributed by atoms with van der Waals surface area (Å²) < 4.78 is 6.30. The van der Waals surface area contributed by atoms with E-state index in [0.29, 0.717) is 68.6 Å². The first kappa shape index (κ1) is 37.5. The molecule has 6 aliphatic rings. The van der Waals surface area contributed by atoms with Crippen LogP contribution in [0, 0.1) is 66.8 Å². The largest absolute Gasteiger partial charge is 0.464 e. The third-order valence-electron chi connectivity index (χ3n) is 17.0. The molecule has 4 saturated carbocycles. The van der Waals surface area contributed by atoms with Crippen LogP contribution in [0.15, 0.2) is 35.9 Å². The lowest BCUT2D eigenvalue weighted by Crippen LogP contribution is -2.65. The summed E-state index contributed by atoms with van der Waals surface area (Å²) in [4.78, 5) is 42.1. The van der Waals surface area contributed by atoms with Crippen LogP contribution in [0.5, 0.6) is 0 Å². The lowest BCUT2D eigenvalue weighted by atomic mass is 9.33. The Morgan fingerprint density at radius 2 is 1.60 bits per heavy atom. The summed E-state index contributed by atoms with van der Waals surface area (Å²) in [6, 6.07) is 5.80. The summed E-state index contributed by atoms with van der Waals surface area (Å²) in [6.07, 6.45) is 11.7. The van der Waals surface area contributed by atoms with Crippen molar-refractivity contribution in [2.24, 2.45) is 56.7 Å². The first-order valence-corrected chi connectivity index (χ1v) is 20.3. The SMILES string of the molecule is C[C@H]1[C@H](C)CC[C@]2(C(=O)OCCN3CCN(C(=O)c4ccc([N+](=O)[O-])cc4)CC3)CC[C@]3(C)C(=CC[C@@H]4[C@@]5(C)CC[C@H](O)C(C)(C)[C@@H]5CC[C@]43C)[C@H]12. The van der Waals surface area contributed by atoms with Crippen molar-refractivity contribution < 1.29 is 24.4 Å². The molecule has 10 atom stereocenters. The van der Waals surface area contributed by atoms with Gasteiger partial charge in [0, 0.05) is 50.4 Å². The Hall–Kier alpha value is -2.78. The number of allylic oxidation sites excluding steroid dienone is 2. The number of hydrogen-bond acceptors (Lipinski definition) is 7. The number of nitrogens with zero attached hydrogens (tertiary/aromatic N) is 3. The minimum atomic E-state index is -0.478. The highest BCUT2D eigenvalue weighted by Gasteiger charge is 2.69. The number of fused-ring (bicyclic) bond motifs is 7. The highest BCUT2D eigenvalue weighted by Crippen LogP contribution is 2.75. The van der Waals surface area contributed by atoms with Crippen molar-refractivity contribution in [1.29, 1.82) is 0 Å². The predicted molar refractivity (Wildman–Crippen MR) is 201 cm³/mol. The van der Waals surface area contributed by atoms with Crippen LogP contribution in [-0.2, 0) is 9.53 Å². The Morgan fingerprint density at radius 1 is 0.904 bits per heavy atom. The maximum atomic E-state index is 14.5. The molecule has 1 saturated heterocycles. The quantitative estimate of drug-likeness (QED) is 0.138. The van der Waals surface area contributed by atoms with E-state index in [-0.39, 0.29) is 51.2 Å². The van der Waals surface area contributed by atoms with Gasteiger partial charge in [-0.25, -0.2) is 0 Å². The molecule has 286 valence electrons. The van der Waals surface area contributed by atoms with E-state index in [1.54, 1.807) is 10.5 Å². The minimum absolute atomic E-state index is 0.00264. The van der Waals surface area contributed by atoms with E-state index in [4.69, 9.17) is 4.74 Å². The van der Waals surface area contributed by atoms with Gasteiger partial charge in [-0.05, 0) is 121 Å². The fourth-order valence-corrected chi connectivity index (χ4v) is 13.3. The lowest BCUT2D eigenvalue weighted by molar-refractivity contribution is -0.384. The molecule has 0 spiro atoms. The topological polar surface area (TPSA) is 113 Å². The maximum absolute atomic E-state index is 14.5. The van der Waals surface area contributed by atoms with E-state index >= 15 is 0 Å². The smallest absolute Gasteiger partial charge is 0.312 e. The van der Waals surface area contributed by atoms with Crippen molar-refractivity contribution in [2.75, 3.05) is 39.3 Å². The number of esters is 1. The van der Waals surface area contributed by atoms with Crippen molar-refractivity contribution in [2.45, 2.75) is 112 Å². The van der Waals surface area contributed by atoms with Gasteiger partial charge in [-0.3, -0.25) is 24.6 Å². The van der Waals surface area contributed by atoms with Crippen LogP contribution >= 0.6 is 0 Å². The van der Waals surface area contributed by atoms with Crippen LogP contribution in [0.3, 0.4) is 0 Å². The van der Waals surface area contributed by atoms with Gasteiger partial charge in [-0.2, -0.15) is 0 Å². The Morgan fingerprint density at radius 3 is 2.27 bits per heavy atom. The van der Waals surface area contributed by atoms with Gasteiger partial charge in [0.05, 0.1) is 16.4 Å². The molecule has 9 heteroatoms. The standard InChI is InChI=1S/C43H63N3O6/c1-28-14-19-43(38(49)52-27-26-44-22-24-45(25-23-44)37(48)30-8-10-31(11-9-30)46(50)51)21-20-41(6)32(36(43)29(28)2)12-13-34-40(5)17-16-35(47)39(3,4)33(40)15-18-42(34,41)7/h8-12,28-29,33-36,47H,13-27H2,1-7H3/t28-,29+,33+,34-,35+,36+,40+,41-,42-,43+/m1/s1. The van der Waals surface area contributed by atoms with Crippen LogP contribution in [0.4, 0.5) is 5.69 Å². The fraction of sp³-hybridized carbons (Fsp3) is 0.767. The van der Waals surface area contributed by atoms with E-state index in [1.165, 1.54) is 37.1 Å². The van der Waals surface area contributed by atoms with Crippen molar-refractivity contribution in [3.63, 3.8) is 0 Å². The lowest BCUT2D eigenvalue weighted by Gasteiger charge is -2.71. The van der Waals surface area contributed by atoms with E-state index in [0.717, 1.165) is 44.9 Å². The van der Waals surface area contributed by atoms with Gasteiger partial charge in [0.1, 0.15) is 6.61 Å². The first-order valence-electron chi connectivity index (χ1n) is 20.3. The number of carbonyl (C=O) groups excluding carboxylic acids is 2. The Labute approximate surface area is 311 Å². The van der Waals surface area contributed by atoms with E-state index in [1.807, 2.05) is 0 Å². The molecule has 1 aromatic rings. The number of nitro benzene ring substituents is 1. The average molecular weight is 718 g/mol. The number of nitro groups is 1. The summed E-state index contributed by atoms with van der Waals surface area (Å²) in [5.41, 5.74) is 1.82.